The second-order valence-electron chi connectivity index (χ2n) is 3.80. The molecule has 0 aromatic carbocycles. The van der Waals surface area contributed by atoms with Crippen molar-refractivity contribution in [2.24, 2.45) is 0 Å². The van der Waals surface area contributed by atoms with Crippen molar-refractivity contribution in [2.45, 2.75) is 6.04 Å². The molecule has 6 heteroatoms. The highest BCUT2D eigenvalue weighted by atomic mass is 79.9. The first-order valence-corrected chi connectivity index (χ1v) is 9.38. The Morgan fingerprint density at radius 2 is 2.00 bits per heavy atom. The summed E-state index contributed by atoms with van der Waals surface area (Å²) in [6.07, 6.45) is 0. The van der Waals surface area contributed by atoms with E-state index in [1.165, 1.54) is 23.6 Å². The van der Waals surface area contributed by atoms with Gasteiger partial charge in [0.05, 0.1) is 13.6 Å². The standard InChI is InChI=1S/C12H9Br2NS3/c1-15-11(6-4-10(13)18-12(6)14)9-5-8-7(17-9)2-3-16-8/h2-5,11,15H,1H3. The Morgan fingerprint density at radius 1 is 1.17 bits per heavy atom. The van der Waals surface area contributed by atoms with Gasteiger partial charge >= 0.3 is 0 Å². The zero-order chi connectivity index (χ0) is 12.7. The number of hydrogen-bond donors (Lipinski definition) is 1. The third-order valence-corrected chi connectivity index (χ3v) is 7.27. The van der Waals surface area contributed by atoms with Crippen LogP contribution in [-0.2, 0) is 0 Å². The van der Waals surface area contributed by atoms with Gasteiger partial charge < -0.3 is 5.32 Å². The average molecular weight is 423 g/mol. The molecule has 0 saturated carbocycles. The summed E-state index contributed by atoms with van der Waals surface area (Å²) in [6.45, 7) is 0. The molecule has 1 atom stereocenters. The summed E-state index contributed by atoms with van der Waals surface area (Å²) in [7, 11) is 2.01. The molecule has 1 N–H and O–H groups in total. The zero-order valence-electron chi connectivity index (χ0n) is 9.37. The van der Waals surface area contributed by atoms with E-state index in [2.05, 4.69) is 60.8 Å². The number of rotatable bonds is 3. The molecule has 1 nitrogen and oxygen atoms in total. The van der Waals surface area contributed by atoms with E-state index in [0.717, 1.165) is 3.79 Å². The van der Waals surface area contributed by atoms with Crippen molar-refractivity contribution >= 4 is 75.3 Å². The SMILES string of the molecule is CNC(c1cc2sccc2s1)c1cc(Br)sc1Br. The molecule has 0 aliphatic carbocycles. The molecule has 0 aliphatic heterocycles. The average Bonchev–Trinajstić information content (AvgIpc) is 2.95. The molecule has 0 amide bonds. The van der Waals surface area contributed by atoms with Crippen LogP contribution < -0.4 is 5.32 Å². The molecule has 0 bridgehead atoms. The summed E-state index contributed by atoms with van der Waals surface area (Å²) in [4.78, 5) is 1.37. The molecule has 0 fully saturated rings. The molecular formula is C12H9Br2NS3. The molecule has 18 heavy (non-hydrogen) atoms. The van der Waals surface area contributed by atoms with Crippen molar-refractivity contribution in [3.8, 4) is 0 Å². The van der Waals surface area contributed by atoms with Crippen molar-refractivity contribution in [1.82, 2.24) is 5.32 Å². The summed E-state index contributed by atoms with van der Waals surface area (Å²) < 4.78 is 5.09. The minimum atomic E-state index is 0.256. The van der Waals surface area contributed by atoms with Crippen LogP contribution in [0.25, 0.3) is 9.40 Å². The smallest absolute Gasteiger partial charge is 0.0762 e. The van der Waals surface area contributed by atoms with E-state index in [1.807, 2.05) is 18.4 Å². The predicted octanol–water partition coefficient (Wildman–Crippen LogP) is 5.86. The van der Waals surface area contributed by atoms with Crippen LogP contribution in [0.1, 0.15) is 16.5 Å². The number of halogens is 2. The van der Waals surface area contributed by atoms with E-state index in [0.29, 0.717) is 0 Å². The zero-order valence-corrected chi connectivity index (χ0v) is 15.0. The molecule has 3 rings (SSSR count). The Morgan fingerprint density at radius 3 is 2.61 bits per heavy atom. The van der Waals surface area contributed by atoms with E-state index in [1.54, 1.807) is 22.7 Å². The maximum atomic E-state index is 3.65. The lowest BCUT2D eigenvalue weighted by atomic mass is 10.1. The van der Waals surface area contributed by atoms with E-state index >= 15 is 0 Å². The van der Waals surface area contributed by atoms with Crippen LogP contribution >= 0.6 is 65.9 Å². The van der Waals surface area contributed by atoms with E-state index in [-0.39, 0.29) is 6.04 Å². The van der Waals surface area contributed by atoms with Gasteiger partial charge in [0.15, 0.2) is 0 Å². The van der Waals surface area contributed by atoms with Crippen molar-refractivity contribution in [3.63, 3.8) is 0 Å². The number of hydrogen-bond acceptors (Lipinski definition) is 4. The monoisotopic (exact) mass is 421 g/mol. The Labute approximate surface area is 134 Å². The quantitative estimate of drug-likeness (QED) is 0.557. The summed E-state index contributed by atoms with van der Waals surface area (Å²) >= 11 is 12.6. The normalized spacial score (nSPS) is 13.3. The lowest BCUT2D eigenvalue weighted by Crippen LogP contribution is -2.16. The van der Waals surface area contributed by atoms with Gasteiger partial charge in [-0.05, 0) is 62.5 Å². The largest absolute Gasteiger partial charge is 0.309 e. The molecule has 0 radical (unpaired) electrons. The van der Waals surface area contributed by atoms with Crippen molar-refractivity contribution in [2.75, 3.05) is 7.05 Å². The Balaban J connectivity index is 2.06. The van der Waals surface area contributed by atoms with Crippen molar-refractivity contribution in [3.05, 3.63) is 41.6 Å². The highest BCUT2D eigenvalue weighted by Crippen LogP contribution is 2.41. The Kier molecular flexibility index (Phi) is 3.94. The van der Waals surface area contributed by atoms with Crippen LogP contribution in [0.15, 0.2) is 31.2 Å². The lowest BCUT2D eigenvalue weighted by Gasteiger charge is -2.13. The van der Waals surface area contributed by atoms with Crippen molar-refractivity contribution < 1.29 is 0 Å². The van der Waals surface area contributed by atoms with Gasteiger partial charge in [-0.2, -0.15) is 0 Å². The molecule has 0 spiro atoms. The maximum Gasteiger partial charge on any atom is 0.0762 e. The van der Waals surface area contributed by atoms with E-state index in [9.17, 15) is 0 Å². The summed E-state index contributed by atoms with van der Waals surface area (Å²) in [6, 6.07) is 6.93. The summed E-state index contributed by atoms with van der Waals surface area (Å²) in [5, 5.41) is 5.56. The highest BCUT2D eigenvalue weighted by Gasteiger charge is 2.19. The van der Waals surface area contributed by atoms with Gasteiger partial charge in [-0.25, -0.2) is 0 Å². The minimum Gasteiger partial charge on any atom is -0.309 e. The molecule has 3 aromatic rings. The van der Waals surface area contributed by atoms with Gasteiger partial charge in [-0.3, -0.25) is 0 Å². The van der Waals surface area contributed by atoms with Crippen LogP contribution in [0.5, 0.6) is 0 Å². The lowest BCUT2D eigenvalue weighted by molar-refractivity contribution is 0.704. The molecule has 0 aliphatic rings. The van der Waals surface area contributed by atoms with E-state index in [4.69, 9.17) is 0 Å². The van der Waals surface area contributed by atoms with Crippen LogP contribution in [0.2, 0.25) is 0 Å². The van der Waals surface area contributed by atoms with Crippen LogP contribution in [0.3, 0.4) is 0 Å². The molecule has 0 saturated heterocycles. The number of thiophene rings is 3. The van der Waals surface area contributed by atoms with Gasteiger partial charge in [0.2, 0.25) is 0 Å². The summed E-state index contributed by atoms with van der Waals surface area (Å²) in [5.41, 5.74) is 1.29. The minimum absolute atomic E-state index is 0.256. The third kappa shape index (κ3) is 2.34. The second kappa shape index (κ2) is 5.34. The first-order valence-electron chi connectivity index (χ1n) is 5.28. The maximum absolute atomic E-state index is 3.65. The van der Waals surface area contributed by atoms with Crippen LogP contribution in [0, 0.1) is 0 Å². The van der Waals surface area contributed by atoms with E-state index < -0.39 is 0 Å². The van der Waals surface area contributed by atoms with Crippen LogP contribution in [-0.4, -0.2) is 7.05 Å². The molecule has 94 valence electrons. The highest BCUT2D eigenvalue weighted by molar-refractivity contribution is 9.12. The number of fused-ring (bicyclic) bond motifs is 1. The van der Waals surface area contributed by atoms with Gasteiger partial charge in [0.1, 0.15) is 0 Å². The fourth-order valence-electron chi connectivity index (χ4n) is 1.93. The Bertz CT molecular complexity index is 654. The van der Waals surface area contributed by atoms with Crippen LogP contribution in [0.4, 0.5) is 0 Å². The second-order valence-corrected chi connectivity index (χ2v) is 9.61. The van der Waals surface area contributed by atoms with Gasteiger partial charge in [-0.15, -0.1) is 34.0 Å². The van der Waals surface area contributed by atoms with Crippen molar-refractivity contribution in [1.29, 1.82) is 0 Å². The van der Waals surface area contributed by atoms with Gasteiger partial charge in [0.25, 0.3) is 0 Å². The first-order chi connectivity index (χ1) is 8.69. The molecule has 3 heterocycles. The van der Waals surface area contributed by atoms with Gasteiger partial charge in [-0.1, -0.05) is 0 Å². The summed E-state index contributed by atoms with van der Waals surface area (Å²) in [5.74, 6) is 0. The fourth-order valence-corrected chi connectivity index (χ4v) is 7.08. The Hall–Kier alpha value is 0.280. The predicted molar refractivity (Wildman–Crippen MR) is 90.3 cm³/mol. The fraction of sp³-hybridized carbons (Fsp3) is 0.167. The molecule has 3 aromatic heterocycles. The molecular weight excluding hydrogens is 414 g/mol. The third-order valence-electron chi connectivity index (χ3n) is 2.73. The first kappa shape index (κ1) is 13.3. The molecule has 1 unspecified atom stereocenters. The van der Waals surface area contributed by atoms with Gasteiger partial charge in [0, 0.05) is 19.8 Å². The topological polar surface area (TPSA) is 12.0 Å². The number of nitrogens with one attached hydrogen (secondary N) is 1.